The Labute approximate surface area is 146 Å². The summed E-state index contributed by atoms with van der Waals surface area (Å²) in [6.45, 7) is -0.0536. The summed E-state index contributed by atoms with van der Waals surface area (Å²) in [5.41, 5.74) is 2.18. The summed E-state index contributed by atoms with van der Waals surface area (Å²) in [6.07, 6.45) is 2.70. The molecular formula is C19H22N2O4. The first-order chi connectivity index (χ1) is 12.1. The number of hydrogen-bond acceptors (Lipinski definition) is 5. The minimum absolute atomic E-state index is 0.0536. The number of carbonyl (C=O) groups excluding carboxylic acids is 1. The van der Waals surface area contributed by atoms with Crippen LogP contribution in [0.1, 0.15) is 40.4 Å². The van der Waals surface area contributed by atoms with Gasteiger partial charge in [0.25, 0.3) is 5.91 Å². The maximum atomic E-state index is 12.6. The van der Waals surface area contributed by atoms with Gasteiger partial charge in [0.2, 0.25) is 5.88 Å². The van der Waals surface area contributed by atoms with Crippen molar-refractivity contribution in [3.05, 3.63) is 59.3 Å². The maximum absolute atomic E-state index is 12.6. The van der Waals surface area contributed by atoms with Gasteiger partial charge in [-0.3, -0.25) is 4.79 Å². The summed E-state index contributed by atoms with van der Waals surface area (Å²) in [6, 6.07) is 10.3. The number of rotatable bonds is 6. The number of pyridine rings is 1. The molecule has 6 heteroatoms. The molecule has 1 amide bonds. The van der Waals surface area contributed by atoms with E-state index < -0.39 is 0 Å². The van der Waals surface area contributed by atoms with Crippen LogP contribution in [0.4, 0.5) is 0 Å². The summed E-state index contributed by atoms with van der Waals surface area (Å²) in [4.78, 5) is 16.8. The van der Waals surface area contributed by atoms with E-state index in [2.05, 4.69) is 10.3 Å². The van der Waals surface area contributed by atoms with E-state index in [9.17, 15) is 9.90 Å². The van der Waals surface area contributed by atoms with Crippen LogP contribution in [0.2, 0.25) is 0 Å². The van der Waals surface area contributed by atoms with E-state index in [1.807, 2.05) is 6.07 Å². The average molecular weight is 342 g/mol. The van der Waals surface area contributed by atoms with E-state index in [1.165, 1.54) is 0 Å². The van der Waals surface area contributed by atoms with Crippen molar-refractivity contribution >= 4 is 5.91 Å². The summed E-state index contributed by atoms with van der Waals surface area (Å²) < 4.78 is 5.08. The van der Waals surface area contributed by atoms with Gasteiger partial charge in [0.1, 0.15) is 0 Å². The van der Waals surface area contributed by atoms with Crippen LogP contribution in [0.15, 0.2) is 42.6 Å². The van der Waals surface area contributed by atoms with Crippen molar-refractivity contribution < 1.29 is 19.7 Å². The first-order valence-corrected chi connectivity index (χ1v) is 8.29. The molecule has 1 aromatic heterocycles. The summed E-state index contributed by atoms with van der Waals surface area (Å²) >= 11 is 0. The third-order valence-electron chi connectivity index (χ3n) is 4.63. The highest BCUT2D eigenvalue weighted by Crippen LogP contribution is 2.38. The summed E-state index contributed by atoms with van der Waals surface area (Å²) in [5, 5.41) is 21.8. The topological polar surface area (TPSA) is 91.7 Å². The highest BCUT2D eigenvalue weighted by molar-refractivity contribution is 5.94. The van der Waals surface area contributed by atoms with E-state index in [1.54, 1.807) is 43.6 Å². The lowest BCUT2D eigenvalue weighted by Gasteiger charge is -2.38. The molecule has 3 N–H and O–H groups in total. The molecule has 1 atom stereocenters. The van der Waals surface area contributed by atoms with Gasteiger partial charge in [-0.25, -0.2) is 4.98 Å². The molecule has 132 valence electrons. The zero-order chi connectivity index (χ0) is 17.8. The van der Waals surface area contributed by atoms with Gasteiger partial charge in [-0.05, 0) is 42.0 Å². The van der Waals surface area contributed by atoms with Gasteiger partial charge in [-0.1, -0.05) is 18.2 Å². The lowest BCUT2D eigenvalue weighted by Crippen LogP contribution is -2.41. The second kappa shape index (κ2) is 7.63. The number of nitrogens with one attached hydrogen (secondary N) is 1. The Morgan fingerprint density at radius 2 is 2.00 bits per heavy atom. The molecule has 1 aliphatic carbocycles. The maximum Gasteiger partial charge on any atom is 0.251 e. The van der Waals surface area contributed by atoms with Gasteiger partial charge in [-0.2, -0.15) is 0 Å². The highest BCUT2D eigenvalue weighted by Gasteiger charge is 2.36. The number of methoxy groups -OCH3 is 1. The molecule has 0 spiro atoms. The molecule has 3 rings (SSSR count). The predicted molar refractivity (Wildman–Crippen MR) is 92.1 cm³/mol. The van der Waals surface area contributed by atoms with E-state index in [4.69, 9.17) is 9.84 Å². The third-order valence-corrected chi connectivity index (χ3v) is 4.63. The number of aromatic nitrogens is 1. The van der Waals surface area contributed by atoms with E-state index in [0.29, 0.717) is 24.3 Å². The molecule has 1 aliphatic rings. The number of ether oxygens (including phenoxy) is 1. The number of carbonyl (C=O) groups is 1. The molecule has 0 unspecified atom stereocenters. The van der Waals surface area contributed by atoms with Crippen LogP contribution in [0.5, 0.6) is 5.88 Å². The van der Waals surface area contributed by atoms with Gasteiger partial charge >= 0.3 is 0 Å². The third kappa shape index (κ3) is 3.97. The Morgan fingerprint density at radius 3 is 2.52 bits per heavy atom. The number of benzene rings is 1. The number of aliphatic hydroxyl groups is 2. The SMILES string of the molecule is COc1ccc([C@@H](NC(=O)c2ccc(CO)cc2)C2CC(O)C2)cn1. The quantitative estimate of drug-likeness (QED) is 0.745. The molecule has 0 saturated heterocycles. The van der Waals surface area contributed by atoms with Crippen LogP contribution in [0, 0.1) is 5.92 Å². The van der Waals surface area contributed by atoms with Crippen molar-refractivity contribution in [2.45, 2.75) is 31.6 Å². The minimum Gasteiger partial charge on any atom is -0.481 e. The molecule has 6 nitrogen and oxygen atoms in total. The lowest BCUT2D eigenvalue weighted by molar-refractivity contribution is 0.0234. The van der Waals surface area contributed by atoms with Crippen molar-refractivity contribution in [2.75, 3.05) is 7.11 Å². The molecule has 0 aliphatic heterocycles. The molecule has 1 heterocycles. The van der Waals surface area contributed by atoms with Crippen LogP contribution >= 0.6 is 0 Å². The summed E-state index contributed by atoms with van der Waals surface area (Å²) in [5.74, 6) is 0.500. The number of hydrogen-bond donors (Lipinski definition) is 3. The standard InChI is InChI=1S/C19H22N2O4/c1-25-17-7-6-14(10-20-17)18(15-8-16(23)9-15)21-19(24)13-4-2-12(11-22)3-5-13/h2-7,10,15-16,18,22-23H,8-9,11H2,1H3,(H,21,24)/t15?,16?,18-/m1/s1. The number of aliphatic hydroxyl groups excluding tert-OH is 2. The van der Waals surface area contributed by atoms with Gasteiger partial charge in [0, 0.05) is 17.8 Å². The zero-order valence-corrected chi connectivity index (χ0v) is 14.1. The average Bonchev–Trinajstić information content (AvgIpc) is 2.64. The summed E-state index contributed by atoms with van der Waals surface area (Å²) in [7, 11) is 1.56. The van der Waals surface area contributed by atoms with Gasteiger partial charge in [0.05, 0.1) is 25.9 Å². The first-order valence-electron chi connectivity index (χ1n) is 8.29. The minimum atomic E-state index is -0.306. The molecular weight excluding hydrogens is 320 g/mol. The zero-order valence-electron chi connectivity index (χ0n) is 14.1. The Kier molecular flexibility index (Phi) is 5.31. The van der Waals surface area contributed by atoms with Crippen molar-refractivity contribution in [1.29, 1.82) is 0 Å². The van der Waals surface area contributed by atoms with Gasteiger partial charge in [0.15, 0.2) is 0 Å². The highest BCUT2D eigenvalue weighted by atomic mass is 16.5. The van der Waals surface area contributed by atoms with Crippen molar-refractivity contribution in [3.8, 4) is 5.88 Å². The van der Waals surface area contributed by atoms with E-state index in [0.717, 1.165) is 11.1 Å². The molecule has 25 heavy (non-hydrogen) atoms. The largest absolute Gasteiger partial charge is 0.481 e. The fourth-order valence-electron chi connectivity index (χ4n) is 3.06. The van der Waals surface area contributed by atoms with Crippen LogP contribution in [-0.4, -0.2) is 34.3 Å². The normalized spacial score (nSPS) is 20.4. The monoisotopic (exact) mass is 342 g/mol. The second-order valence-electron chi connectivity index (χ2n) is 6.33. The van der Waals surface area contributed by atoms with Crippen LogP contribution in [0.25, 0.3) is 0 Å². The predicted octanol–water partition coefficient (Wildman–Crippen LogP) is 1.82. The first kappa shape index (κ1) is 17.4. The Bertz CT molecular complexity index is 709. The molecule has 1 saturated carbocycles. The molecule has 1 aromatic carbocycles. The van der Waals surface area contributed by atoms with Gasteiger partial charge < -0.3 is 20.3 Å². The van der Waals surface area contributed by atoms with Crippen molar-refractivity contribution in [1.82, 2.24) is 10.3 Å². The molecule has 2 aromatic rings. The molecule has 0 bridgehead atoms. The van der Waals surface area contributed by atoms with Crippen LogP contribution in [-0.2, 0) is 6.61 Å². The smallest absolute Gasteiger partial charge is 0.251 e. The number of amides is 1. The second-order valence-corrected chi connectivity index (χ2v) is 6.33. The Morgan fingerprint density at radius 1 is 1.28 bits per heavy atom. The Hall–Kier alpha value is -2.44. The van der Waals surface area contributed by atoms with Gasteiger partial charge in [-0.15, -0.1) is 0 Å². The fourth-order valence-corrected chi connectivity index (χ4v) is 3.06. The molecule has 0 radical (unpaired) electrons. The Balaban J connectivity index is 1.77. The molecule has 1 fully saturated rings. The van der Waals surface area contributed by atoms with Crippen molar-refractivity contribution in [2.24, 2.45) is 5.92 Å². The van der Waals surface area contributed by atoms with E-state index in [-0.39, 0.29) is 30.6 Å². The van der Waals surface area contributed by atoms with Crippen LogP contribution < -0.4 is 10.1 Å². The van der Waals surface area contributed by atoms with E-state index >= 15 is 0 Å². The lowest BCUT2D eigenvalue weighted by atomic mass is 9.75. The van der Waals surface area contributed by atoms with Crippen LogP contribution in [0.3, 0.4) is 0 Å². The van der Waals surface area contributed by atoms with Crippen molar-refractivity contribution in [3.63, 3.8) is 0 Å². The fraction of sp³-hybridized carbons (Fsp3) is 0.368. The number of nitrogens with zero attached hydrogens (tertiary/aromatic N) is 1.